The molecule has 0 spiro atoms. The van der Waals surface area contributed by atoms with Crippen LogP contribution < -0.4 is 5.32 Å². The molecule has 20 heavy (non-hydrogen) atoms. The maximum Gasteiger partial charge on any atom is 0.214 e. The summed E-state index contributed by atoms with van der Waals surface area (Å²) in [7, 11) is -3.06. The molecule has 1 N–H and O–H groups in total. The topological polar surface area (TPSA) is 49.4 Å². The molecule has 0 aromatic carbocycles. The normalized spacial score (nSPS) is 20.8. The van der Waals surface area contributed by atoms with Crippen LogP contribution in [0.4, 0.5) is 0 Å². The summed E-state index contributed by atoms with van der Waals surface area (Å²) in [5, 5.41) is 3.31. The fourth-order valence-electron chi connectivity index (χ4n) is 2.25. The lowest BCUT2D eigenvalue weighted by Gasteiger charge is -2.22. The van der Waals surface area contributed by atoms with Crippen LogP contribution in [-0.2, 0) is 10.0 Å². The highest BCUT2D eigenvalue weighted by Gasteiger charge is 2.29. The summed E-state index contributed by atoms with van der Waals surface area (Å²) >= 11 is 1.88. The smallest absolute Gasteiger partial charge is 0.214 e. The van der Waals surface area contributed by atoms with Gasteiger partial charge in [-0.2, -0.15) is 11.8 Å². The van der Waals surface area contributed by atoms with Crippen LogP contribution in [-0.4, -0.2) is 55.2 Å². The number of thioether (sulfide) groups is 1. The van der Waals surface area contributed by atoms with Crippen LogP contribution in [0.3, 0.4) is 0 Å². The van der Waals surface area contributed by atoms with Gasteiger partial charge in [-0.15, -0.1) is 0 Å². The summed E-state index contributed by atoms with van der Waals surface area (Å²) in [6, 6.07) is 0. The molecule has 1 saturated heterocycles. The van der Waals surface area contributed by atoms with Gasteiger partial charge in [0.15, 0.2) is 0 Å². The van der Waals surface area contributed by atoms with E-state index in [4.69, 9.17) is 0 Å². The van der Waals surface area contributed by atoms with Crippen molar-refractivity contribution in [3.8, 4) is 0 Å². The number of nitrogens with zero attached hydrogens (tertiary/aromatic N) is 1. The first-order valence-corrected chi connectivity index (χ1v) is 10.3. The van der Waals surface area contributed by atoms with E-state index in [0.29, 0.717) is 18.8 Å². The predicted octanol–water partition coefficient (Wildman–Crippen LogP) is 2.31. The third kappa shape index (κ3) is 6.78. The Morgan fingerprint density at radius 1 is 1.20 bits per heavy atom. The van der Waals surface area contributed by atoms with E-state index >= 15 is 0 Å². The first-order chi connectivity index (χ1) is 9.37. The van der Waals surface area contributed by atoms with Crippen molar-refractivity contribution >= 4 is 21.8 Å². The Morgan fingerprint density at radius 3 is 2.65 bits per heavy atom. The molecule has 1 heterocycles. The highest BCUT2D eigenvalue weighted by Crippen LogP contribution is 2.31. The van der Waals surface area contributed by atoms with E-state index in [1.165, 1.54) is 0 Å². The summed E-state index contributed by atoms with van der Waals surface area (Å²) in [6.45, 7) is 9.83. The lowest BCUT2D eigenvalue weighted by atomic mass is 10.1. The number of sulfonamides is 1. The van der Waals surface area contributed by atoms with E-state index < -0.39 is 10.0 Å². The second-order valence-corrected chi connectivity index (χ2v) is 9.92. The summed E-state index contributed by atoms with van der Waals surface area (Å²) in [5.74, 6) is 1.20. The monoisotopic (exact) mass is 322 g/mol. The van der Waals surface area contributed by atoms with Crippen molar-refractivity contribution in [2.45, 2.75) is 51.2 Å². The van der Waals surface area contributed by atoms with Gasteiger partial charge in [0.1, 0.15) is 0 Å². The van der Waals surface area contributed by atoms with Crippen molar-refractivity contribution in [3.63, 3.8) is 0 Å². The van der Waals surface area contributed by atoms with Gasteiger partial charge in [-0.25, -0.2) is 12.7 Å². The minimum Gasteiger partial charge on any atom is -0.317 e. The van der Waals surface area contributed by atoms with E-state index in [1.807, 2.05) is 11.8 Å². The molecule has 0 unspecified atom stereocenters. The van der Waals surface area contributed by atoms with Crippen LogP contribution in [0.25, 0.3) is 0 Å². The SMILES string of the molecule is CCCNCCCCS(=O)(=O)N1CCSC(C)(C)CC1. The Labute approximate surface area is 129 Å². The van der Waals surface area contributed by atoms with Crippen LogP contribution in [0.5, 0.6) is 0 Å². The van der Waals surface area contributed by atoms with Gasteiger partial charge >= 0.3 is 0 Å². The Bertz CT molecular complexity index is 369. The molecular formula is C14H30N2O2S2. The number of nitrogens with one attached hydrogen (secondary N) is 1. The molecule has 1 rings (SSSR count). The fraction of sp³-hybridized carbons (Fsp3) is 1.00. The van der Waals surface area contributed by atoms with Crippen molar-refractivity contribution in [2.75, 3.05) is 37.7 Å². The van der Waals surface area contributed by atoms with Crippen molar-refractivity contribution in [1.29, 1.82) is 0 Å². The molecular weight excluding hydrogens is 292 g/mol. The molecule has 0 saturated carbocycles. The summed E-state index contributed by atoms with van der Waals surface area (Å²) in [4.78, 5) is 0. The van der Waals surface area contributed by atoms with E-state index in [-0.39, 0.29) is 4.75 Å². The zero-order chi connectivity index (χ0) is 15.1. The molecule has 0 amide bonds. The molecule has 0 aliphatic carbocycles. The van der Waals surface area contributed by atoms with Crippen molar-refractivity contribution in [3.05, 3.63) is 0 Å². The molecule has 0 radical (unpaired) electrons. The van der Waals surface area contributed by atoms with E-state index in [1.54, 1.807) is 4.31 Å². The van der Waals surface area contributed by atoms with Gasteiger partial charge in [-0.05, 0) is 38.8 Å². The molecule has 1 aliphatic heterocycles. The Morgan fingerprint density at radius 2 is 1.95 bits per heavy atom. The zero-order valence-electron chi connectivity index (χ0n) is 13.2. The van der Waals surface area contributed by atoms with E-state index in [0.717, 1.165) is 44.5 Å². The summed E-state index contributed by atoms with van der Waals surface area (Å²) < 4.78 is 26.6. The number of unbranched alkanes of at least 4 members (excludes halogenated alkanes) is 1. The van der Waals surface area contributed by atoms with E-state index in [2.05, 4.69) is 26.1 Å². The largest absolute Gasteiger partial charge is 0.317 e. The molecule has 0 bridgehead atoms. The van der Waals surface area contributed by atoms with E-state index in [9.17, 15) is 8.42 Å². The molecule has 1 fully saturated rings. The van der Waals surface area contributed by atoms with Gasteiger partial charge < -0.3 is 5.32 Å². The molecule has 120 valence electrons. The molecule has 0 aromatic rings. The van der Waals surface area contributed by atoms with Gasteiger partial charge in [0.2, 0.25) is 10.0 Å². The van der Waals surface area contributed by atoms with Crippen LogP contribution in [0.2, 0.25) is 0 Å². The lowest BCUT2D eigenvalue weighted by molar-refractivity contribution is 0.414. The summed E-state index contributed by atoms with van der Waals surface area (Å²) in [6.07, 6.45) is 3.76. The van der Waals surface area contributed by atoms with Crippen LogP contribution in [0.1, 0.15) is 46.5 Å². The molecule has 6 heteroatoms. The number of rotatable bonds is 8. The van der Waals surface area contributed by atoms with Crippen LogP contribution in [0, 0.1) is 0 Å². The van der Waals surface area contributed by atoms with Gasteiger partial charge in [0.05, 0.1) is 5.75 Å². The first kappa shape index (κ1) is 18.3. The number of hydrogen-bond donors (Lipinski definition) is 1. The third-order valence-electron chi connectivity index (χ3n) is 3.62. The lowest BCUT2D eigenvalue weighted by Crippen LogP contribution is -2.35. The zero-order valence-corrected chi connectivity index (χ0v) is 14.8. The second kappa shape index (κ2) is 8.61. The highest BCUT2D eigenvalue weighted by molar-refractivity contribution is 8.00. The molecule has 4 nitrogen and oxygen atoms in total. The standard InChI is InChI=1S/C14H30N2O2S2/c1-4-8-15-9-5-6-13-20(17,18)16-10-7-14(2,3)19-12-11-16/h15H,4-13H2,1-3H3. The predicted molar refractivity (Wildman–Crippen MR) is 88.9 cm³/mol. The molecule has 1 aliphatic rings. The van der Waals surface area contributed by atoms with Gasteiger partial charge in [0, 0.05) is 23.6 Å². The minimum absolute atomic E-state index is 0.203. The van der Waals surface area contributed by atoms with Crippen molar-refractivity contribution < 1.29 is 8.42 Å². The Kier molecular flexibility index (Phi) is 7.87. The van der Waals surface area contributed by atoms with Crippen molar-refractivity contribution in [1.82, 2.24) is 9.62 Å². The average molecular weight is 323 g/mol. The second-order valence-electron chi connectivity index (χ2n) is 6.03. The first-order valence-electron chi connectivity index (χ1n) is 7.70. The average Bonchev–Trinajstić information content (AvgIpc) is 2.55. The fourth-order valence-corrected chi connectivity index (χ4v) is 5.03. The Balaban J connectivity index is 2.33. The highest BCUT2D eigenvalue weighted by atomic mass is 32.2. The van der Waals surface area contributed by atoms with Gasteiger partial charge in [-0.3, -0.25) is 0 Å². The maximum absolute atomic E-state index is 12.3. The molecule has 0 aromatic heterocycles. The van der Waals surface area contributed by atoms with Gasteiger partial charge in [-0.1, -0.05) is 20.8 Å². The summed E-state index contributed by atoms with van der Waals surface area (Å²) in [5.41, 5.74) is 0. The van der Waals surface area contributed by atoms with Crippen molar-refractivity contribution in [2.24, 2.45) is 0 Å². The quantitative estimate of drug-likeness (QED) is 0.697. The molecule has 0 atom stereocenters. The third-order valence-corrected chi connectivity index (χ3v) is 6.95. The Hall–Kier alpha value is 0.220. The minimum atomic E-state index is -3.06. The van der Waals surface area contributed by atoms with Crippen LogP contribution in [0.15, 0.2) is 0 Å². The van der Waals surface area contributed by atoms with Gasteiger partial charge in [0.25, 0.3) is 0 Å². The van der Waals surface area contributed by atoms with Crippen LogP contribution >= 0.6 is 11.8 Å². The maximum atomic E-state index is 12.3. The number of hydrogen-bond acceptors (Lipinski definition) is 4.